The minimum absolute atomic E-state index is 0.629. The van der Waals surface area contributed by atoms with E-state index < -0.39 is 0 Å². The molecule has 0 saturated heterocycles. The monoisotopic (exact) mass is 137 g/mol. The molecule has 10 heavy (non-hydrogen) atoms. The molecule has 2 unspecified atom stereocenters. The normalized spacial score (nSPS) is 26.8. The van der Waals surface area contributed by atoms with Crippen LogP contribution in [0.25, 0.3) is 0 Å². The van der Waals surface area contributed by atoms with Gasteiger partial charge in [-0.2, -0.15) is 0 Å². The summed E-state index contributed by atoms with van der Waals surface area (Å²) in [4.78, 5) is 0. The summed E-state index contributed by atoms with van der Waals surface area (Å²) in [5.41, 5.74) is 1.57. The molecule has 57 valence electrons. The van der Waals surface area contributed by atoms with Crippen molar-refractivity contribution < 1.29 is 0 Å². The van der Waals surface area contributed by atoms with E-state index in [4.69, 9.17) is 0 Å². The van der Waals surface area contributed by atoms with Crippen molar-refractivity contribution in [2.24, 2.45) is 11.8 Å². The maximum Gasteiger partial charge on any atom is -0.0317 e. The van der Waals surface area contributed by atoms with Crippen molar-refractivity contribution in [3.63, 3.8) is 0 Å². The summed E-state index contributed by atoms with van der Waals surface area (Å²) in [6, 6.07) is 0. The molecule has 0 aliphatic heterocycles. The zero-order chi connectivity index (χ0) is 7.56. The van der Waals surface area contributed by atoms with Crippen molar-refractivity contribution in [1.82, 2.24) is 0 Å². The van der Waals surface area contributed by atoms with E-state index in [2.05, 4.69) is 26.8 Å². The number of allylic oxidation sites excluding steroid dienone is 2. The predicted molar refractivity (Wildman–Crippen MR) is 45.6 cm³/mol. The highest BCUT2D eigenvalue weighted by molar-refractivity contribution is 5.03. The summed E-state index contributed by atoms with van der Waals surface area (Å²) in [7, 11) is 0. The highest BCUT2D eigenvalue weighted by Crippen LogP contribution is 2.28. The molecule has 0 saturated carbocycles. The lowest BCUT2D eigenvalue weighted by Gasteiger charge is -2.23. The van der Waals surface area contributed by atoms with Crippen LogP contribution in [0.4, 0.5) is 0 Å². The summed E-state index contributed by atoms with van der Waals surface area (Å²) >= 11 is 0. The Morgan fingerprint density at radius 3 is 2.80 bits per heavy atom. The molecule has 0 heteroatoms. The summed E-state index contributed by atoms with van der Waals surface area (Å²) in [6.07, 6.45) is 6.28. The van der Waals surface area contributed by atoms with E-state index in [1.54, 1.807) is 5.57 Å². The van der Waals surface area contributed by atoms with Gasteiger partial charge in [-0.3, -0.25) is 0 Å². The first-order chi connectivity index (χ1) is 4.70. The molecule has 0 aromatic carbocycles. The molecule has 0 N–H and O–H groups in total. The van der Waals surface area contributed by atoms with E-state index in [0.717, 1.165) is 5.92 Å². The van der Waals surface area contributed by atoms with Gasteiger partial charge in [-0.05, 0) is 38.0 Å². The fourth-order valence-electron chi connectivity index (χ4n) is 1.50. The lowest BCUT2D eigenvalue weighted by molar-refractivity contribution is 0.378. The smallest absolute Gasteiger partial charge is 0.0317 e. The van der Waals surface area contributed by atoms with Crippen LogP contribution < -0.4 is 0 Å². The van der Waals surface area contributed by atoms with Gasteiger partial charge in [0.15, 0.2) is 0 Å². The molecule has 1 radical (unpaired) electrons. The molecule has 0 spiro atoms. The third kappa shape index (κ3) is 1.86. The van der Waals surface area contributed by atoms with Crippen molar-refractivity contribution in [1.29, 1.82) is 0 Å². The maximum absolute atomic E-state index is 4.06. The first kappa shape index (κ1) is 7.84. The molecule has 0 nitrogen and oxygen atoms in total. The Balaban J connectivity index is 2.42. The molecule has 0 aromatic rings. The first-order valence-corrected chi connectivity index (χ1v) is 4.19. The van der Waals surface area contributed by atoms with Gasteiger partial charge in [0, 0.05) is 0 Å². The Bertz CT molecular complexity index is 131. The number of rotatable bonds is 1. The van der Waals surface area contributed by atoms with E-state index in [1.165, 1.54) is 19.3 Å². The van der Waals surface area contributed by atoms with E-state index in [0.29, 0.717) is 5.92 Å². The van der Waals surface area contributed by atoms with Crippen LogP contribution in [0.15, 0.2) is 11.6 Å². The fraction of sp³-hybridized carbons (Fsp3) is 0.700. The standard InChI is InChI=1S/C10H17/c1-8(2)10-6-4-9(3)5-7-10/h4,8,10H,1,5-7H2,2-3H3. The van der Waals surface area contributed by atoms with Gasteiger partial charge in [0.05, 0.1) is 0 Å². The summed E-state index contributed by atoms with van der Waals surface area (Å²) in [5, 5.41) is 0. The summed E-state index contributed by atoms with van der Waals surface area (Å²) in [5.74, 6) is 1.48. The van der Waals surface area contributed by atoms with Gasteiger partial charge in [0.25, 0.3) is 0 Å². The molecular formula is C10H17. The van der Waals surface area contributed by atoms with Crippen LogP contribution in [-0.2, 0) is 0 Å². The third-order valence-corrected chi connectivity index (χ3v) is 2.48. The molecule has 1 rings (SSSR count). The molecule has 0 bridgehead atoms. The molecule has 0 amide bonds. The highest BCUT2D eigenvalue weighted by atomic mass is 14.2. The van der Waals surface area contributed by atoms with Crippen molar-refractivity contribution in [2.45, 2.75) is 33.1 Å². The summed E-state index contributed by atoms with van der Waals surface area (Å²) < 4.78 is 0. The maximum atomic E-state index is 4.06. The predicted octanol–water partition coefficient (Wildman–Crippen LogP) is 3.20. The van der Waals surface area contributed by atoms with E-state index in [-0.39, 0.29) is 0 Å². The zero-order valence-corrected chi connectivity index (χ0v) is 7.06. The van der Waals surface area contributed by atoms with Crippen molar-refractivity contribution in [3.8, 4) is 0 Å². The minimum atomic E-state index is 0.629. The molecule has 1 aliphatic rings. The van der Waals surface area contributed by atoms with E-state index in [1.807, 2.05) is 0 Å². The second-order valence-corrected chi connectivity index (χ2v) is 3.56. The highest BCUT2D eigenvalue weighted by Gasteiger charge is 2.15. The van der Waals surface area contributed by atoms with Gasteiger partial charge >= 0.3 is 0 Å². The topological polar surface area (TPSA) is 0 Å². The minimum Gasteiger partial charge on any atom is -0.0853 e. The van der Waals surface area contributed by atoms with Gasteiger partial charge in [-0.25, -0.2) is 0 Å². The molecule has 0 aromatic heterocycles. The van der Waals surface area contributed by atoms with Gasteiger partial charge in [-0.1, -0.05) is 25.5 Å². The summed E-state index contributed by atoms with van der Waals surface area (Å²) in [6.45, 7) is 8.51. The van der Waals surface area contributed by atoms with E-state index >= 15 is 0 Å². The Hall–Kier alpha value is -0.260. The molecular weight excluding hydrogens is 120 g/mol. The van der Waals surface area contributed by atoms with Gasteiger partial charge in [-0.15, -0.1) is 0 Å². The quantitative estimate of drug-likeness (QED) is 0.487. The van der Waals surface area contributed by atoms with Crippen LogP contribution in [0.5, 0.6) is 0 Å². The Labute approximate surface area is 64.3 Å². The fourth-order valence-corrected chi connectivity index (χ4v) is 1.50. The third-order valence-electron chi connectivity index (χ3n) is 2.48. The lowest BCUT2D eigenvalue weighted by atomic mass is 9.83. The zero-order valence-electron chi connectivity index (χ0n) is 7.06. The molecule has 2 atom stereocenters. The lowest BCUT2D eigenvalue weighted by Crippen LogP contribution is -2.11. The van der Waals surface area contributed by atoms with Crippen molar-refractivity contribution in [2.75, 3.05) is 0 Å². The first-order valence-electron chi connectivity index (χ1n) is 4.19. The SMILES string of the molecule is [CH2]C(C)C1CC=C(C)CC1. The molecule has 0 fully saturated rings. The average Bonchev–Trinajstić information content (AvgIpc) is 1.88. The van der Waals surface area contributed by atoms with Crippen LogP contribution >= 0.6 is 0 Å². The molecule has 1 aliphatic carbocycles. The number of hydrogen-bond acceptors (Lipinski definition) is 0. The van der Waals surface area contributed by atoms with Gasteiger partial charge < -0.3 is 0 Å². The Kier molecular flexibility index (Phi) is 2.53. The van der Waals surface area contributed by atoms with Crippen LogP contribution in [0, 0.1) is 18.8 Å². The second kappa shape index (κ2) is 3.23. The van der Waals surface area contributed by atoms with Crippen molar-refractivity contribution >= 4 is 0 Å². The van der Waals surface area contributed by atoms with Crippen LogP contribution in [0.1, 0.15) is 33.1 Å². The Morgan fingerprint density at radius 1 is 1.70 bits per heavy atom. The number of hydrogen-bond donors (Lipinski definition) is 0. The Morgan fingerprint density at radius 2 is 2.40 bits per heavy atom. The van der Waals surface area contributed by atoms with Gasteiger partial charge in [0.2, 0.25) is 0 Å². The largest absolute Gasteiger partial charge is 0.0853 e. The van der Waals surface area contributed by atoms with Crippen LogP contribution in [0.3, 0.4) is 0 Å². The van der Waals surface area contributed by atoms with Crippen molar-refractivity contribution in [3.05, 3.63) is 18.6 Å². The molecule has 0 heterocycles. The van der Waals surface area contributed by atoms with Crippen LogP contribution in [0.2, 0.25) is 0 Å². The van der Waals surface area contributed by atoms with Gasteiger partial charge in [0.1, 0.15) is 0 Å². The van der Waals surface area contributed by atoms with E-state index in [9.17, 15) is 0 Å². The van der Waals surface area contributed by atoms with Crippen LogP contribution in [-0.4, -0.2) is 0 Å². The second-order valence-electron chi connectivity index (χ2n) is 3.56. The average molecular weight is 137 g/mol.